The molecule has 130 valence electrons. The van der Waals surface area contributed by atoms with Crippen molar-refractivity contribution in [3.63, 3.8) is 0 Å². The van der Waals surface area contributed by atoms with Crippen LogP contribution in [0, 0.1) is 0 Å². The van der Waals surface area contributed by atoms with Crippen LogP contribution in [0.1, 0.15) is 17.8 Å². The maximum Gasteiger partial charge on any atom is 0.417 e. The Morgan fingerprint density at radius 3 is 2.96 bits per heavy atom. The van der Waals surface area contributed by atoms with Crippen LogP contribution in [-0.4, -0.2) is 46.3 Å². The molecule has 7 nitrogen and oxygen atoms in total. The minimum absolute atomic E-state index is 0.00507. The van der Waals surface area contributed by atoms with E-state index in [1.54, 1.807) is 0 Å². The molecule has 1 atom stereocenters. The SMILES string of the molecule is O=C(CC1COCCN1)NCc1nnc2ccc(C(F)(F)F)cn12. The van der Waals surface area contributed by atoms with Gasteiger partial charge in [-0.2, -0.15) is 13.2 Å². The van der Waals surface area contributed by atoms with Gasteiger partial charge < -0.3 is 15.4 Å². The molecule has 1 unspecified atom stereocenters. The molecule has 1 aliphatic heterocycles. The maximum absolute atomic E-state index is 12.8. The predicted molar refractivity (Wildman–Crippen MR) is 77.1 cm³/mol. The van der Waals surface area contributed by atoms with Crippen molar-refractivity contribution in [1.29, 1.82) is 0 Å². The van der Waals surface area contributed by atoms with Gasteiger partial charge in [0.15, 0.2) is 11.5 Å². The van der Waals surface area contributed by atoms with Crippen LogP contribution in [0.2, 0.25) is 0 Å². The highest BCUT2D eigenvalue weighted by atomic mass is 19.4. The van der Waals surface area contributed by atoms with E-state index in [2.05, 4.69) is 20.8 Å². The first-order chi connectivity index (χ1) is 11.4. The summed E-state index contributed by atoms with van der Waals surface area (Å²) in [5.41, 5.74) is -0.513. The molecule has 2 N–H and O–H groups in total. The van der Waals surface area contributed by atoms with E-state index in [1.807, 2.05) is 0 Å². The smallest absolute Gasteiger partial charge is 0.378 e. The largest absolute Gasteiger partial charge is 0.417 e. The monoisotopic (exact) mass is 343 g/mol. The lowest BCUT2D eigenvalue weighted by Crippen LogP contribution is -2.44. The van der Waals surface area contributed by atoms with Crippen molar-refractivity contribution in [2.45, 2.75) is 25.2 Å². The number of hydrogen-bond donors (Lipinski definition) is 2. The van der Waals surface area contributed by atoms with Gasteiger partial charge in [-0.25, -0.2) is 0 Å². The second kappa shape index (κ2) is 6.73. The minimum Gasteiger partial charge on any atom is -0.378 e. The van der Waals surface area contributed by atoms with Gasteiger partial charge in [-0.1, -0.05) is 0 Å². The summed E-state index contributed by atoms with van der Waals surface area (Å²) in [6.07, 6.45) is -3.30. The summed E-state index contributed by atoms with van der Waals surface area (Å²) in [5.74, 6) is -0.000899. The third kappa shape index (κ3) is 3.82. The van der Waals surface area contributed by atoms with E-state index >= 15 is 0 Å². The summed E-state index contributed by atoms with van der Waals surface area (Å²) in [7, 11) is 0. The molecule has 1 amide bonds. The summed E-state index contributed by atoms with van der Waals surface area (Å²) >= 11 is 0. The van der Waals surface area contributed by atoms with E-state index in [0.717, 1.165) is 12.3 Å². The van der Waals surface area contributed by atoms with Gasteiger partial charge in [0.25, 0.3) is 0 Å². The van der Waals surface area contributed by atoms with Crippen LogP contribution in [0.15, 0.2) is 18.3 Å². The zero-order valence-electron chi connectivity index (χ0n) is 12.6. The second-order valence-corrected chi connectivity index (χ2v) is 5.47. The number of rotatable bonds is 4. The van der Waals surface area contributed by atoms with Crippen molar-refractivity contribution in [1.82, 2.24) is 25.2 Å². The molecule has 1 aliphatic rings. The highest BCUT2D eigenvalue weighted by molar-refractivity contribution is 5.76. The molecular formula is C14H16F3N5O2. The number of fused-ring (bicyclic) bond motifs is 1. The third-order valence-electron chi connectivity index (χ3n) is 3.67. The predicted octanol–water partition coefficient (Wildman–Crippen LogP) is 0.743. The van der Waals surface area contributed by atoms with Crippen molar-refractivity contribution >= 4 is 11.6 Å². The number of morpholine rings is 1. The summed E-state index contributed by atoms with van der Waals surface area (Å²) in [5, 5.41) is 13.4. The quantitative estimate of drug-likeness (QED) is 0.856. The van der Waals surface area contributed by atoms with E-state index in [9.17, 15) is 18.0 Å². The fourth-order valence-electron chi connectivity index (χ4n) is 2.45. The third-order valence-corrected chi connectivity index (χ3v) is 3.67. The first-order valence-electron chi connectivity index (χ1n) is 7.42. The minimum atomic E-state index is -4.45. The number of amides is 1. The molecule has 2 aromatic heterocycles. The molecule has 1 saturated heterocycles. The zero-order valence-corrected chi connectivity index (χ0v) is 12.6. The molecule has 1 fully saturated rings. The van der Waals surface area contributed by atoms with E-state index < -0.39 is 11.7 Å². The van der Waals surface area contributed by atoms with Crippen molar-refractivity contribution in [3.05, 3.63) is 29.7 Å². The zero-order chi connectivity index (χ0) is 17.2. The highest BCUT2D eigenvalue weighted by Gasteiger charge is 2.31. The van der Waals surface area contributed by atoms with E-state index in [4.69, 9.17) is 4.74 Å². The Bertz CT molecular complexity index is 725. The molecule has 3 rings (SSSR count). The van der Waals surface area contributed by atoms with Crippen molar-refractivity contribution in [2.75, 3.05) is 19.8 Å². The maximum atomic E-state index is 12.8. The van der Waals surface area contributed by atoms with Crippen LogP contribution < -0.4 is 10.6 Å². The first-order valence-corrected chi connectivity index (χ1v) is 7.42. The van der Waals surface area contributed by atoms with Gasteiger partial charge in [0.1, 0.15) is 0 Å². The number of nitrogens with one attached hydrogen (secondary N) is 2. The molecule has 2 aromatic rings. The Hall–Kier alpha value is -2.20. The van der Waals surface area contributed by atoms with Gasteiger partial charge in [-0.15, -0.1) is 10.2 Å². The lowest BCUT2D eigenvalue weighted by atomic mass is 10.2. The molecule has 3 heterocycles. The average Bonchev–Trinajstić information content (AvgIpc) is 2.95. The molecule has 0 spiro atoms. The number of halogens is 3. The Balaban J connectivity index is 1.65. The molecule has 24 heavy (non-hydrogen) atoms. The van der Waals surface area contributed by atoms with Gasteiger partial charge in [0, 0.05) is 25.2 Å². The Labute approximate surface area is 135 Å². The summed E-state index contributed by atoms with van der Waals surface area (Å²) < 4.78 is 44.8. The topological polar surface area (TPSA) is 80.5 Å². The van der Waals surface area contributed by atoms with Crippen LogP contribution in [0.3, 0.4) is 0 Å². The molecule has 0 radical (unpaired) electrons. The van der Waals surface area contributed by atoms with E-state index in [1.165, 1.54) is 10.5 Å². The van der Waals surface area contributed by atoms with Crippen molar-refractivity contribution < 1.29 is 22.7 Å². The molecule has 0 saturated carbocycles. The molecular weight excluding hydrogens is 327 g/mol. The number of nitrogens with zero attached hydrogens (tertiary/aromatic N) is 3. The summed E-state index contributed by atoms with van der Waals surface area (Å²) in [6.45, 7) is 1.75. The Morgan fingerprint density at radius 2 is 2.25 bits per heavy atom. The van der Waals surface area contributed by atoms with Crippen LogP contribution in [0.25, 0.3) is 5.65 Å². The molecule has 0 bridgehead atoms. The summed E-state index contributed by atoms with van der Waals surface area (Å²) in [6, 6.07) is 2.12. The van der Waals surface area contributed by atoms with Crippen LogP contribution in [-0.2, 0) is 22.3 Å². The normalized spacial score (nSPS) is 18.7. The van der Waals surface area contributed by atoms with Gasteiger partial charge in [0.05, 0.1) is 25.3 Å². The number of carbonyl (C=O) groups is 1. The van der Waals surface area contributed by atoms with Crippen molar-refractivity contribution in [3.8, 4) is 0 Å². The standard InChI is InChI=1S/C14H16F3N5O2/c15-14(16,17)9-1-2-11-20-21-12(22(11)7-9)6-19-13(23)5-10-8-24-4-3-18-10/h1-2,7,10,18H,3-6,8H2,(H,19,23). The number of pyridine rings is 1. The number of ether oxygens (including phenoxy) is 1. The molecule has 0 aromatic carbocycles. The number of aromatic nitrogens is 3. The van der Waals surface area contributed by atoms with Gasteiger partial charge in [0.2, 0.25) is 5.91 Å². The number of carbonyl (C=O) groups excluding carboxylic acids is 1. The average molecular weight is 343 g/mol. The first kappa shape index (κ1) is 16.7. The van der Waals surface area contributed by atoms with Crippen LogP contribution >= 0.6 is 0 Å². The molecule has 10 heteroatoms. The number of alkyl halides is 3. The van der Waals surface area contributed by atoms with Gasteiger partial charge in [-0.05, 0) is 12.1 Å². The lowest BCUT2D eigenvalue weighted by Gasteiger charge is -2.23. The fraction of sp³-hybridized carbons (Fsp3) is 0.500. The molecule has 0 aliphatic carbocycles. The Morgan fingerprint density at radius 1 is 1.42 bits per heavy atom. The van der Waals surface area contributed by atoms with Crippen LogP contribution in [0.4, 0.5) is 13.2 Å². The summed E-state index contributed by atoms with van der Waals surface area (Å²) in [4.78, 5) is 11.9. The second-order valence-electron chi connectivity index (χ2n) is 5.47. The van der Waals surface area contributed by atoms with E-state index in [0.29, 0.717) is 19.8 Å². The van der Waals surface area contributed by atoms with Crippen LogP contribution in [0.5, 0.6) is 0 Å². The van der Waals surface area contributed by atoms with Gasteiger partial charge in [-0.3, -0.25) is 9.20 Å². The van der Waals surface area contributed by atoms with Crippen molar-refractivity contribution in [2.24, 2.45) is 0 Å². The number of hydrogen-bond acceptors (Lipinski definition) is 5. The Kier molecular flexibility index (Phi) is 4.67. The fourth-order valence-corrected chi connectivity index (χ4v) is 2.45. The highest BCUT2D eigenvalue weighted by Crippen LogP contribution is 2.29. The van der Waals surface area contributed by atoms with E-state index in [-0.39, 0.29) is 36.4 Å². The lowest BCUT2D eigenvalue weighted by molar-refractivity contribution is -0.137. The van der Waals surface area contributed by atoms with Gasteiger partial charge >= 0.3 is 6.18 Å².